The van der Waals surface area contributed by atoms with Gasteiger partial charge < -0.3 is 16.0 Å². The molecule has 1 aliphatic carbocycles. The number of alkyl halides is 1. The summed E-state index contributed by atoms with van der Waals surface area (Å²) in [6.07, 6.45) is 2.19. The molecular weight excluding hydrogens is 369 g/mol. The van der Waals surface area contributed by atoms with Crippen LogP contribution in [0.5, 0.6) is 0 Å². The molecule has 1 atom stereocenters. The molecule has 2 aromatic carbocycles. The van der Waals surface area contributed by atoms with Crippen molar-refractivity contribution in [3.63, 3.8) is 0 Å². The second-order valence-corrected chi connectivity index (χ2v) is 8.65. The summed E-state index contributed by atoms with van der Waals surface area (Å²) in [5.41, 5.74) is 4.56. The summed E-state index contributed by atoms with van der Waals surface area (Å²) in [6.45, 7) is 4.57. The first-order chi connectivity index (χ1) is 13.8. The molecule has 0 unspecified atom stereocenters. The fourth-order valence-corrected chi connectivity index (χ4v) is 4.28. The van der Waals surface area contributed by atoms with Crippen LogP contribution in [0.1, 0.15) is 54.9 Å². The number of hydrogen-bond donors (Lipinski definition) is 3. The lowest BCUT2D eigenvalue weighted by molar-refractivity contribution is -0.163. The Kier molecular flexibility index (Phi) is 4.87. The number of halogens is 1. The van der Waals surface area contributed by atoms with Crippen LogP contribution in [0.4, 0.5) is 4.39 Å². The highest BCUT2D eigenvalue weighted by Gasteiger charge is 2.62. The lowest BCUT2D eigenvalue weighted by Gasteiger charge is -2.53. The Labute approximate surface area is 170 Å². The predicted molar refractivity (Wildman–Crippen MR) is 111 cm³/mol. The summed E-state index contributed by atoms with van der Waals surface area (Å²) in [7, 11) is 0. The monoisotopic (exact) mass is 397 g/mol. The number of hydrogen-bond acceptors (Lipinski definition) is 4. The summed E-state index contributed by atoms with van der Waals surface area (Å²) in [4.78, 5) is 2.10. The van der Waals surface area contributed by atoms with Crippen molar-refractivity contribution in [2.24, 2.45) is 10.9 Å². The van der Waals surface area contributed by atoms with Crippen LogP contribution >= 0.6 is 0 Å². The van der Waals surface area contributed by atoms with Crippen LogP contribution in [-0.4, -0.2) is 45.8 Å². The van der Waals surface area contributed by atoms with Crippen molar-refractivity contribution in [3.8, 4) is 0 Å². The quantitative estimate of drug-likeness (QED) is 0.302. The molecule has 4 N–H and O–H groups in total. The van der Waals surface area contributed by atoms with Gasteiger partial charge in [-0.1, -0.05) is 61.5 Å². The minimum absolute atomic E-state index is 0.0783. The van der Waals surface area contributed by atoms with Gasteiger partial charge in [-0.25, -0.2) is 4.39 Å². The molecule has 1 heterocycles. The van der Waals surface area contributed by atoms with E-state index in [0.29, 0.717) is 28.7 Å². The highest BCUT2D eigenvalue weighted by molar-refractivity contribution is 5.97. The molecule has 0 aromatic heterocycles. The van der Waals surface area contributed by atoms with E-state index in [2.05, 4.69) is 23.9 Å². The van der Waals surface area contributed by atoms with Crippen LogP contribution in [-0.2, 0) is 5.60 Å². The largest absolute Gasteiger partial charge is 0.409 e. The maximum Gasteiger partial charge on any atom is 0.172 e. The van der Waals surface area contributed by atoms with E-state index < -0.39 is 11.3 Å². The first-order valence-corrected chi connectivity index (χ1v) is 10.1. The highest BCUT2D eigenvalue weighted by atomic mass is 19.1. The molecule has 0 amide bonds. The van der Waals surface area contributed by atoms with E-state index in [1.54, 1.807) is 24.3 Å². The van der Waals surface area contributed by atoms with Crippen molar-refractivity contribution in [1.82, 2.24) is 4.90 Å². The number of nitrogens with two attached hydrogens (primary N) is 1. The Bertz CT molecular complexity index is 918. The maximum absolute atomic E-state index is 16.2. The molecular formula is C23H28FN3O2. The van der Waals surface area contributed by atoms with Gasteiger partial charge in [-0.05, 0) is 41.5 Å². The van der Waals surface area contributed by atoms with Crippen molar-refractivity contribution in [1.29, 1.82) is 0 Å². The zero-order valence-corrected chi connectivity index (χ0v) is 16.8. The van der Waals surface area contributed by atoms with Gasteiger partial charge in [0.1, 0.15) is 0 Å². The van der Waals surface area contributed by atoms with Crippen molar-refractivity contribution in [2.75, 3.05) is 13.1 Å². The number of benzene rings is 2. The van der Waals surface area contributed by atoms with Gasteiger partial charge in [-0.15, -0.1) is 0 Å². The van der Waals surface area contributed by atoms with E-state index in [-0.39, 0.29) is 18.9 Å². The van der Waals surface area contributed by atoms with Crippen LogP contribution in [0, 0.1) is 0 Å². The van der Waals surface area contributed by atoms with E-state index in [1.165, 1.54) is 0 Å². The smallest absolute Gasteiger partial charge is 0.172 e. The molecule has 2 fully saturated rings. The van der Waals surface area contributed by atoms with Crippen LogP contribution in [0.15, 0.2) is 53.7 Å². The number of aliphatic hydroxyl groups is 1. The van der Waals surface area contributed by atoms with E-state index in [4.69, 9.17) is 10.9 Å². The molecule has 1 aliphatic heterocycles. The molecule has 2 aliphatic rings. The third kappa shape index (κ3) is 3.30. The number of rotatable bonds is 6. The van der Waals surface area contributed by atoms with Gasteiger partial charge in [0.15, 0.2) is 17.1 Å². The fraction of sp³-hybridized carbons (Fsp3) is 0.435. The first-order valence-electron chi connectivity index (χ1n) is 10.1. The third-order valence-corrected chi connectivity index (χ3v) is 6.30. The van der Waals surface area contributed by atoms with Crippen molar-refractivity contribution >= 4 is 5.84 Å². The SMILES string of the molecule is CC(C)c1ccc([C@](O)(c2cccc(/C(N)=N/O)c2)C2(F)CN(C3CC3)C2)cc1. The number of oxime groups is 1. The van der Waals surface area contributed by atoms with Crippen molar-refractivity contribution in [3.05, 3.63) is 70.8 Å². The van der Waals surface area contributed by atoms with E-state index in [9.17, 15) is 5.11 Å². The third-order valence-electron chi connectivity index (χ3n) is 6.30. The summed E-state index contributed by atoms with van der Waals surface area (Å²) >= 11 is 0. The van der Waals surface area contributed by atoms with Crippen molar-refractivity contribution in [2.45, 2.75) is 49.9 Å². The zero-order chi connectivity index (χ0) is 20.8. The van der Waals surface area contributed by atoms with Crippen molar-refractivity contribution < 1.29 is 14.7 Å². The zero-order valence-electron chi connectivity index (χ0n) is 16.8. The highest BCUT2D eigenvalue weighted by Crippen LogP contribution is 2.50. The molecule has 154 valence electrons. The van der Waals surface area contributed by atoms with Crippen LogP contribution < -0.4 is 5.73 Å². The molecule has 29 heavy (non-hydrogen) atoms. The summed E-state index contributed by atoms with van der Waals surface area (Å²) in [6, 6.07) is 14.6. The van der Waals surface area contributed by atoms with Crippen LogP contribution in [0.2, 0.25) is 0 Å². The normalized spacial score (nSPS) is 21.6. The average molecular weight is 397 g/mol. The second-order valence-electron chi connectivity index (χ2n) is 8.65. The molecule has 0 spiro atoms. The predicted octanol–water partition coefficient (Wildman–Crippen LogP) is 3.33. The lowest BCUT2D eigenvalue weighted by Crippen LogP contribution is -2.69. The van der Waals surface area contributed by atoms with Gasteiger partial charge in [-0.3, -0.25) is 4.90 Å². The van der Waals surface area contributed by atoms with Gasteiger partial charge in [0.05, 0.1) is 0 Å². The Hall–Kier alpha value is -2.44. The Morgan fingerprint density at radius 1 is 1.17 bits per heavy atom. The summed E-state index contributed by atoms with van der Waals surface area (Å²) in [5.74, 6) is 0.264. The van der Waals surface area contributed by atoms with Gasteiger partial charge in [0, 0.05) is 24.7 Å². The van der Waals surface area contributed by atoms with Gasteiger partial charge in [0.2, 0.25) is 0 Å². The minimum Gasteiger partial charge on any atom is -0.409 e. The molecule has 1 saturated heterocycles. The van der Waals surface area contributed by atoms with E-state index in [1.807, 2.05) is 24.3 Å². The second kappa shape index (κ2) is 7.11. The lowest BCUT2D eigenvalue weighted by atomic mass is 9.69. The molecule has 0 radical (unpaired) electrons. The topological polar surface area (TPSA) is 82.1 Å². The van der Waals surface area contributed by atoms with E-state index >= 15 is 4.39 Å². The van der Waals surface area contributed by atoms with Crippen LogP contribution in [0.3, 0.4) is 0 Å². The molecule has 5 nitrogen and oxygen atoms in total. The average Bonchev–Trinajstić information content (AvgIpc) is 3.55. The fourth-order valence-electron chi connectivity index (χ4n) is 4.28. The molecule has 2 aromatic rings. The molecule has 6 heteroatoms. The molecule has 1 saturated carbocycles. The Balaban J connectivity index is 1.79. The van der Waals surface area contributed by atoms with Gasteiger partial charge >= 0.3 is 0 Å². The molecule has 0 bridgehead atoms. The minimum atomic E-state index is -1.83. The Morgan fingerprint density at radius 3 is 2.38 bits per heavy atom. The number of nitrogens with zero attached hydrogens (tertiary/aromatic N) is 2. The first kappa shape index (κ1) is 19.9. The van der Waals surface area contributed by atoms with Gasteiger partial charge in [0.25, 0.3) is 0 Å². The summed E-state index contributed by atoms with van der Waals surface area (Å²) < 4.78 is 16.2. The standard InChI is InChI=1S/C23H28FN3O2/c1-15(2)16-6-8-18(9-7-16)23(28,22(24)13-27(14-22)20-10-11-20)19-5-3-4-17(12-19)21(25)26-29/h3-9,12,15,20,28-29H,10-11,13-14H2,1-2H3,(H2,25,26)/t23-/m0/s1. The van der Waals surface area contributed by atoms with Gasteiger partial charge in [-0.2, -0.15) is 0 Å². The maximum atomic E-state index is 16.2. The Morgan fingerprint density at radius 2 is 1.83 bits per heavy atom. The van der Waals surface area contributed by atoms with E-state index in [0.717, 1.165) is 18.4 Å². The number of likely N-dealkylation sites (tertiary alicyclic amines) is 1. The summed E-state index contributed by atoms with van der Waals surface area (Å²) in [5, 5.41) is 24.0. The van der Waals surface area contributed by atoms with Crippen LogP contribution in [0.25, 0.3) is 0 Å². The molecule has 4 rings (SSSR count). The number of amidine groups is 1.